The maximum absolute atomic E-state index is 13.1. The lowest BCUT2D eigenvalue weighted by Gasteiger charge is -2.35. The minimum atomic E-state index is -0.739. The quantitative estimate of drug-likeness (QED) is 0.0499. The smallest absolute Gasteiger partial charge is 0.338 e. The predicted molar refractivity (Wildman–Crippen MR) is 235 cm³/mol. The van der Waals surface area contributed by atoms with E-state index in [1.165, 1.54) is 11.3 Å². The van der Waals surface area contributed by atoms with Crippen molar-refractivity contribution in [1.82, 2.24) is 35.0 Å². The van der Waals surface area contributed by atoms with E-state index in [0.29, 0.717) is 59.1 Å². The summed E-state index contributed by atoms with van der Waals surface area (Å²) in [4.78, 5) is 54.7. The van der Waals surface area contributed by atoms with Crippen molar-refractivity contribution < 1.29 is 23.8 Å². The summed E-state index contributed by atoms with van der Waals surface area (Å²) < 4.78 is 18.9. The van der Waals surface area contributed by atoms with Crippen LogP contribution in [0.3, 0.4) is 0 Å². The molecule has 0 saturated heterocycles. The number of nitrogens with one attached hydrogen (secondary N) is 2. The average Bonchev–Trinajstić information content (AvgIpc) is 3.97. The van der Waals surface area contributed by atoms with Crippen molar-refractivity contribution in [3.63, 3.8) is 0 Å². The van der Waals surface area contributed by atoms with Gasteiger partial charge in [-0.15, -0.1) is 11.3 Å². The van der Waals surface area contributed by atoms with E-state index in [4.69, 9.17) is 24.3 Å². The third kappa shape index (κ3) is 9.21. The van der Waals surface area contributed by atoms with Crippen LogP contribution in [-0.4, -0.2) is 54.8 Å². The number of fused-ring (bicyclic) bond motifs is 1. The number of carbonyl (C=O) groups is 2. The van der Waals surface area contributed by atoms with E-state index in [9.17, 15) is 14.4 Å². The molecule has 0 aliphatic heterocycles. The third-order valence-electron chi connectivity index (χ3n) is 10.2. The summed E-state index contributed by atoms with van der Waals surface area (Å²) in [6, 6.07) is 41.5. The van der Waals surface area contributed by atoms with Crippen molar-refractivity contribution in [2.45, 2.75) is 45.1 Å². The molecule has 14 heteroatoms. The van der Waals surface area contributed by atoms with Crippen LogP contribution in [0.4, 0.5) is 0 Å². The Morgan fingerprint density at radius 3 is 2.16 bits per heavy atom. The number of amides is 1. The number of ether oxygens (including phenoxy) is 3. The number of esters is 1. The number of aryl methyl sites for hydroxylation is 1. The van der Waals surface area contributed by atoms with Crippen molar-refractivity contribution >= 4 is 33.4 Å². The molecular weight excluding hydrogens is 803 g/mol. The molecule has 312 valence electrons. The van der Waals surface area contributed by atoms with Gasteiger partial charge in [0.25, 0.3) is 11.5 Å². The van der Waals surface area contributed by atoms with E-state index in [-0.39, 0.29) is 31.6 Å². The van der Waals surface area contributed by atoms with Crippen LogP contribution in [-0.2, 0) is 41.2 Å². The van der Waals surface area contributed by atoms with Gasteiger partial charge in [0.15, 0.2) is 5.82 Å². The molecule has 0 radical (unpaired) electrons. The largest absolute Gasteiger partial charge is 0.478 e. The van der Waals surface area contributed by atoms with E-state index in [1.807, 2.05) is 59.3 Å². The molecule has 8 rings (SSSR count). The van der Waals surface area contributed by atoms with Gasteiger partial charge in [0.05, 0.1) is 37.4 Å². The highest BCUT2D eigenvalue weighted by Gasteiger charge is 2.39. The van der Waals surface area contributed by atoms with Gasteiger partial charge in [0, 0.05) is 30.8 Å². The van der Waals surface area contributed by atoms with E-state index in [0.717, 1.165) is 27.8 Å². The first-order chi connectivity index (χ1) is 30.4. The fourth-order valence-electron chi connectivity index (χ4n) is 7.27. The lowest BCUT2D eigenvalue weighted by Crippen LogP contribution is -2.38. The van der Waals surface area contributed by atoms with Gasteiger partial charge < -0.3 is 24.5 Å². The van der Waals surface area contributed by atoms with Gasteiger partial charge in [-0.25, -0.2) is 24.4 Å². The summed E-state index contributed by atoms with van der Waals surface area (Å²) in [6.45, 7) is 3.05. The van der Waals surface area contributed by atoms with Crippen molar-refractivity contribution in [2.24, 2.45) is 0 Å². The molecule has 0 atom stereocenters. The minimum Gasteiger partial charge on any atom is -0.478 e. The Labute approximate surface area is 361 Å². The fourth-order valence-corrected chi connectivity index (χ4v) is 8.20. The molecule has 4 heterocycles. The van der Waals surface area contributed by atoms with E-state index >= 15 is 0 Å². The Bertz CT molecular complexity index is 2710. The number of H-pyrrole nitrogens is 1. The standard InChI is InChI=1S/C48H43N7O6S/c1-2-60-47(58)35-22-20-33(21-23-35)29-59-30-36-31-62-46-42(36)44(56)52-43(53-46)45(57)50-28-34-24-25-49-41(27-34)61-26-12-19-40-51-32-55(54-40)48(37-13-6-3-7-14-37,38-15-8-4-9-16-38)39-17-10-5-11-18-39/h3-11,13-18,20-25,27,31-32H,2,12,19,26,28-30H2,1H3,(H,50,57)(H,52,53,56). The predicted octanol–water partition coefficient (Wildman–Crippen LogP) is 7.65. The summed E-state index contributed by atoms with van der Waals surface area (Å²) in [7, 11) is 0. The van der Waals surface area contributed by atoms with Gasteiger partial charge in [-0.1, -0.05) is 103 Å². The molecule has 4 aromatic carbocycles. The molecule has 0 aliphatic carbocycles. The Balaban J connectivity index is 0.851. The van der Waals surface area contributed by atoms with Crippen LogP contribution in [0.1, 0.15) is 73.5 Å². The first-order valence-electron chi connectivity index (χ1n) is 20.2. The summed E-state index contributed by atoms with van der Waals surface area (Å²) in [5.74, 6) is 0.120. The Hall–Kier alpha value is -7.29. The van der Waals surface area contributed by atoms with Crippen LogP contribution in [0.2, 0.25) is 0 Å². The molecule has 0 bridgehead atoms. The monoisotopic (exact) mass is 845 g/mol. The number of thiophene rings is 1. The van der Waals surface area contributed by atoms with Crippen molar-refractivity contribution in [1.29, 1.82) is 0 Å². The molecule has 0 fully saturated rings. The van der Waals surface area contributed by atoms with Crippen LogP contribution in [0.25, 0.3) is 10.2 Å². The zero-order chi connectivity index (χ0) is 42.7. The minimum absolute atomic E-state index is 0.0892. The van der Waals surface area contributed by atoms with Crippen LogP contribution < -0.4 is 15.6 Å². The molecule has 8 aromatic rings. The molecule has 62 heavy (non-hydrogen) atoms. The normalized spacial score (nSPS) is 11.4. The van der Waals surface area contributed by atoms with Gasteiger partial charge in [0.2, 0.25) is 11.7 Å². The lowest BCUT2D eigenvalue weighted by atomic mass is 9.77. The number of pyridine rings is 1. The summed E-state index contributed by atoms with van der Waals surface area (Å²) in [5, 5.41) is 10.0. The summed E-state index contributed by atoms with van der Waals surface area (Å²) >= 11 is 1.26. The molecule has 0 unspecified atom stereocenters. The number of hydrogen-bond donors (Lipinski definition) is 2. The number of aromatic amines is 1. The second-order valence-electron chi connectivity index (χ2n) is 14.3. The number of aromatic nitrogens is 6. The van der Waals surface area contributed by atoms with E-state index < -0.39 is 17.0 Å². The lowest BCUT2D eigenvalue weighted by molar-refractivity contribution is 0.0526. The van der Waals surface area contributed by atoms with Gasteiger partial charge in [-0.05, 0) is 64.7 Å². The SMILES string of the molecule is CCOC(=O)c1ccc(COCc2csc3nc(C(=O)NCc4ccnc(OCCCc5ncn(C(c6ccccc6)(c6ccccc6)c6ccccc6)n5)c4)[nH]c(=O)c23)cc1. The number of carbonyl (C=O) groups excluding carboxylic acids is 2. The summed E-state index contributed by atoms with van der Waals surface area (Å²) in [6.07, 6.45) is 4.65. The van der Waals surface area contributed by atoms with Gasteiger partial charge in [-0.3, -0.25) is 9.59 Å². The maximum atomic E-state index is 13.1. The molecule has 0 aliphatic rings. The molecular formula is C48H43N7O6S. The first-order valence-corrected chi connectivity index (χ1v) is 21.1. The highest BCUT2D eigenvalue weighted by molar-refractivity contribution is 7.16. The van der Waals surface area contributed by atoms with E-state index in [2.05, 4.69) is 56.7 Å². The highest BCUT2D eigenvalue weighted by atomic mass is 32.1. The fraction of sp³-hybridized carbons (Fsp3) is 0.188. The van der Waals surface area contributed by atoms with Crippen molar-refractivity contribution in [3.8, 4) is 5.88 Å². The Morgan fingerprint density at radius 2 is 1.50 bits per heavy atom. The highest BCUT2D eigenvalue weighted by Crippen LogP contribution is 2.40. The average molecular weight is 846 g/mol. The molecule has 0 saturated carbocycles. The molecule has 1 amide bonds. The second-order valence-corrected chi connectivity index (χ2v) is 15.2. The van der Waals surface area contributed by atoms with Crippen molar-refractivity contribution in [2.75, 3.05) is 13.2 Å². The van der Waals surface area contributed by atoms with Crippen LogP contribution in [0.15, 0.2) is 150 Å². The zero-order valence-corrected chi connectivity index (χ0v) is 34.7. The van der Waals surface area contributed by atoms with Gasteiger partial charge in [0.1, 0.15) is 16.7 Å². The van der Waals surface area contributed by atoms with Crippen LogP contribution in [0.5, 0.6) is 5.88 Å². The van der Waals surface area contributed by atoms with Crippen LogP contribution in [0, 0.1) is 0 Å². The second kappa shape index (κ2) is 19.4. The molecule has 2 N–H and O–H groups in total. The number of benzene rings is 4. The van der Waals surface area contributed by atoms with E-state index in [1.54, 1.807) is 61.2 Å². The Kier molecular flexibility index (Phi) is 13.0. The third-order valence-corrected chi connectivity index (χ3v) is 11.2. The number of rotatable bonds is 18. The maximum Gasteiger partial charge on any atom is 0.338 e. The summed E-state index contributed by atoms with van der Waals surface area (Å²) in [5.41, 5.74) is 4.80. The van der Waals surface area contributed by atoms with Gasteiger partial charge >= 0.3 is 5.97 Å². The number of hydrogen-bond acceptors (Lipinski definition) is 11. The first kappa shape index (κ1) is 41.4. The topological polar surface area (TPSA) is 163 Å². The van der Waals surface area contributed by atoms with Gasteiger partial charge in [-0.2, -0.15) is 5.10 Å². The molecule has 0 spiro atoms. The van der Waals surface area contributed by atoms with Crippen molar-refractivity contribution in [3.05, 3.63) is 206 Å². The molecule has 13 nitrogen and oxygen atoms in total. The number of nitrogens with zero attached hydrogens (tertiary/aromatic N) is 5. The molecule has 4 aromatic heterocycles. The Morgan fingerprint density at radius 1 is 0.823 bits per heavy atom. The zero-order valence-electron chi connectivity index (χ0n) is 33.9. The van der Waals surface area contributed by atoms with Crippen LogP contribution >= 0.6 is 11.3 Å².